The van der Waals surface area contributed by atoms with Gasteiger partial charge in [0.25, 0.3) is 0 Å². The minimum Gasteiger partial charge on any atom is -0.375 e. The third kappa shape index (κ3) is 3.09. The van der Waals surface area contributed by atoms with Gasteiger partial charge >= 0.3 is 0 Å². The number of benzene rings is 1. The lowest BCUT2D eigenvalue weighted by molar-refractivity contribution is -0.0704. The van der Waals surface area contributed by atoms with E-state index in [0.717, 1.165) is 18.6 Å². The van der Waals surface area contributed by atoms with Crippen LogP contribution in [0.25, 0.3) is 0 Å². The molecule has 1 aliphatic heterocycles. The summed E-state index contributed by atoms with van der Waals surface area (Å²) in [6, 6.07) is 8.04. The normalized spacial score (nSPS) is 24.9. The fourth-order valence-electron chi connectivity index (χ4n) is 3.43. The Labute approximate surface area is 125 Å². The molecule has 1 saturated carbocycles. The minimum atomic E-state index is 0.145. The van der Waals surface area contributed by atoms with E-state index in [0.29, 0.717) is 5.25 Å². The Morgan fingerprint density at radius 1 is 1.35 bits per heavy atom. The van der Waals surface area contributed by atoms with E-state index in [-0.39, 0.29) is 11.4 Å². The van der Waals surface area contributed by atoms with Crippen molar-refractivity contribution in [1.82, 2.24) is 0 Å². The van der Waals surface area contributed by atoms with E-state index in [4.69, 9.17) is 4.74 Å². The van der Waals surface area contributed by atoms with Gasteiger partial charge in [-0.2, -0.15) is 0 Å². The number of hydrogen-bond acceptors (Lipinski definition) is 3. The molecule has 0 aromatic heterocycles. The number of Topliss-reactive ketones (excluding diaryl/α,β-unsaturated/α-hetero) is 1. The van der Waals surface area contributed by atoms with Gasteiger partial charge in [-0.15, -0.1) is 11.8 Å². The van der Waals surface area contributed by atoms with Crippen LogP contribution in [0.3, 0.4) is 0 Å². The van der Waals surface area contributed by atoms with Crippen molar-refractivity contribution < 1.29 is 9.53 Å². The zero-order valence-corrected chi connectivity index (χ0v) is 12.9. The van der Waals surface area contributed by atoms with Gasteiger partial charge in [-0.05, 0) is 44.7 Å². The predicted octanol–water partition coefficient (Wildman–Crippen LogP) is 4.47. The highest BCUT2D eigenvalue weighted by molar-refractivity contribution is 8.00. The maximum atomic E-state index is 11.5. The Kier molecular flexibility index (Phi) is 4.18. The van der Waals surface area contributed by atoms with Crippen LogP contribution in [-0.2, 0) is 4.74 Å². The van der Waals surface area contributed by atoms with E-state index in [1.807, 2.05) is 30.0 Å². The topological polar surface area (TPSA) is 26.3 Å². The second-order valence-electron chi connectivity index (χ2n) is 6.06. The molecule has 1 aromatic carbocycles. The van der Waals surface area contributed by atoms with Gasteiger partial charge in [-0.25, -0.2) is 0 Å². The third-order valence-electron chi connectivity index (χ3n) is 4.51. The van der Waals surface area contributed by atoms with Crippen LogP contribution in [-0.4, -0.2) is 23.2 Å². The highest BCUT2D eigenvalue weighted by Gasteiger charge is 2.40. The molecule has 0 amide bonds. The molecule has 1 unspecified atom stereocenters. The Hall–Kier alpha value is -0.800. The van der Waals surface area contributed by atoms with E-state index in [2.05, 4.69) is 6.07 Å². The van der Waals surface area contributed by atoms with E-state index < -0.39 is 0 Å². The van der Waals surface area contributed by atoms with Gasteiger partial charge in [0, 0.05) is 22.3 Å². The van der Waals surface area contributed by atoms with Gasteiger partial charge in [-0.1, -0.05) is 25.0 Å². The summed E-state index contributed by atoms with van der Waals surface area (Å²) >= 11 is 1.92. The van der Waals surface area contributed by atoms with Gasteiger partial charge in [0.15, 0.2) is 5.78 Å². The summed E-state index contributed by atoms with van der Waals surface area (Å²) in [5.74, 6) is 0.145. The van der Waals surface area contributed by atoms with Crippen LogP contribution in [0.1, 0.15) is 55.8 Å². The first-order chi connectivity index (χ1) is 9.67. The van der Waals surface area contributed by atoms with Crippen molar-refractivity contribution in [2.24, 2.45) is 0 Å². The number of thioether (sulfide) groups is 1. The quantitative estimate of drug-likeness (QED) is 0.768. The minimum absolute atomic E-state index is 0.145. The number of carbonyl (C=O) groups excluding carboxylic acids is 1. The van der Waals surface area contributed by atoms with Crippen molar-refractivity contribution in [3.63, 3.8) is 0 Å². The molecule has 1 atom stereocenters. The molecule has 1 heterocycles. The lowest BCUT2D eigenvalue weighted by Gasteiger charge is -2.38. The molecular formula is C17H22O2S. The molecule has 20 heavy (non-hydrogen) atoms. The van der Waals surface area contributed by atoms with Crippen LogP contribution in [0.5, 0.6) is 0 Å². The molecule has 0 bridgehead atoms. The van der Waals surface area contributed by atoms with Crippen molar-refractivity contribution in [2.45, 2.75) is 61.2 Å². The molecular weight excluding hydrogens is 268 g/mol. The fourth-order valence-corrected chi connectivity index (χ4v) is 4.77. The summed E-state index contributed by atoms with van der Waals surface area (Å²) in [6.07, 6.45) is 7.39. The number of rotatable bonds is 3. The maximum Gasteiger partial charge on any atom is 0.159 e. The third-order valence-corrected chi connectivity index (χ3v) is 5.77. The monoisotopic (exact) mass is 290 g/mol. The lowest BCUT2D eigenvalue weighted by Crippen LogP contribution is -2.38. The SMILES string of the molecule is CC(=O)c1cccc(SC2CCOC3(CCCC3)C2)c1. The molecule has 3 rings (SSSR count). The van der Waals surface area contributed by atoms with Gasteiger partial charge in [0.2, 0.25) is 0 Å². The molecule has 3 heteroatoms. The second-order valence-corrected chi connectivity index (χ2v) is 7.43. The van der Waals surface area contributed by atoms with Gasteiger partial charge in [-0.3, -0.25) is 4.79 Å². The molecule has 0 radical (unpaired) electrons. The maximum absolute atomic E-state index is 11.5. The van der Waals surface area contributed by atoms with Crippen molar-refractivity contribution in [1.29, 1.82) is 0 Å². The molecule has 1 aromatic rings. The van der Waals surface area contributed by atoms with E-state index in [1.54, 1.807) is 6.92 Å². The van der Waals surface area contributed by atoms with Crippen LogP contribution < -0.4 is 0 Å². The molecule has 2 fully saturated rings. The van der Waals surface area contributed by atoms with Crippen LogP contribution >= 0.6 is 11.8 Å². The summed E-state index contributed by atoms with van der Waals surface area (Å²) in [5.41, 5.74) is 0.992. The molecule has 1 spiro atoms. The summed E-state index contributed by atoms with van der Waals surface area (Å²) in [7, 11) is 0. The Balaban J connectivity index is 1.68. The lowest BCUT2D eigenvalue weighted by atomic mass is 9.92. The molecule has 108 valence electrons. The van der Waals surface area contributed by atoms with Gasteiger partial charge in [0.1, 0.15) is 0 Å². The van der Waals surface area contributed by atoms with Gasteiger partial charge < -0.3 is 4.74 Å². The highest BCUT2D eigenvalue weighted by Crippen LogP contribution is 2.44. The van der Waals surface area contributed by atoms with E-state index in [1.165, 1.54) is 37.0 Å². The van der Waals surface area contributed by atoms with E-state index >= 15 is 0 Å². The predicted molar refractivity (Wildman–Crippen MR) is 82.5 cm³/mol. The van der Waals surface area contributed by atoms with Crippen molar-refractivity contribution in [3.05, 3.63) is 29.8 Å². The Bertz CT molecular complexity index is 492. The van der Waals surface area contributed by atoms with Crippen molar-refractivity contribution >= 4 is 17.5 Å². The molecule has 1 aliphatic carbocycles. The Morgan fingerprint density at radius 3 is 2.90 bits per heavy atom. The van der Waals surface area contributed by atoms with Gasteiger partial charge in [0.05, 0.1) is 5.60 Å². The van der Waals surface area contributed by atoms with Crippen LogP contribution in [0.4, 0.5) is 0 Å². The zero-order valence-electron chi connectivity index (χ0n) is 12.1. The Morgan fingerprint density at radius 2 is 2.15 bits per heavy atom. The van der Waals surface area contributed by atoms with Crippen LogP contribution in [0.15, 0.2) is 29.2 Å². The average molecular weight is 290 g/mol. The number of carbonyl (C=O) groups is 1. The average Bonchev–Trinajstić information content (AvgIpc) is 2.87. The molecule has 2 nitrogen and oxygen atoms in total. The highest BCUT2D eigenvalue weighted by atomic mass is 32.2. The number of ether oxygens (including phenoxy) is 1. The number of ketones is 1. The second kappa shape index (κ2) is 5.90. The number of hydrogen-bond donors (Lipinski definition) is 0. The summed E-state index contributed by atoms with van der Waals surface area (Å²) in [5, 5.41) is 0.629. The summed E-state index contributed by atoms with van der Waals surface area (Å²) in [4.78, 5) is 12.7. The summed E-state index contributed by atoms with van der Waals surface area (Å²) < 4.78 is 6.09. The molecule has 0 N–H and O–H groups in total. The van der Waals surface area contributed by atoms with Crippen molar-refractivity contribution in [3.8, 4) is 0 Å². The van der Waals surface area contributed by atoms with E-state index in [9.17, 15) is 4.79 Å². The molecule has 1 saturated heterocycles. The van der Waals surface area contributed by atoms with Crippen LogP contribution in [0.2, 0.25) is 0 Å². The largest absolute Gasteiger partial charge is 0.375 e. The zero-order chi connectivity index (χ0) is 14.0. The first-order valence-corrected chi connectivity index (χ1v) is 8.46. The standard InChI is InChI=1S/C17H22O2S/c1-13(18)14-5-4-6-15(11-14)20-16-7-10-19-17(12-16)8-2-3-9-17/h4-6,11,16H,2-3,7-10,12H2,1H3. The van der Waals surface area contributed by atoms with Crippen LogP contribution in [0, 0.1) is 0 Å². The van der Waals surface area contributed by atoms with Crippen molar-refractivity contribution in [2.75, 3.05) is 6.61 Å². The fraction of sp³-hybridized carbons (Fsp3) is 0.588. The summed E-state index contributed by atoms with van der Waals surface area (Å²) in [6.45, 7) is 2.52. The molecule has 2 aliphatic rings. The first-order valence-electron chi connectivity index (χ1n) is 7.59. The smallest absolute Gasteiger partial charge is 0.159 e. The first kappa shape index (κ1) is 14.2.